The van der Waals surface area contributed by atoms with Crippen molar-refractivity contribution in [1.82, 2.24) is 10.6 Å². The second-order valence-corrected chi connectivity index (χ2v) is 5.72. The Morgan fingerprint density at radius 2 is 1.33 bits per heavy atom. The second kappa shape index (κ2) is 24.4. The summed E-state index contributed by atoms with van der Waals surface area (Å²) in [5, 5.41) is 16.5. The Morgan fingerprint density at radius 1 is 0.926 bits per heavy atom. The molecule has 2 amide bonds. The molecular weight excluding hydrogens is 350 g/mol. The number of aliphatic hydroxyl groups is 1. The Balaban J connectivity index is -0.00000104. The van der Waals surface area contributed by atoms with Gasteiger partial charge >= 0.3 is 0 Å². The third-order valence-electron chi connectivity index (χ3n) is 3.06. The van der Waals surface area contributed by atoms with Gasteiger partial charge < -0.3 is 27.2 Å². The van der Waals surface area contributed by atoms with Crippen LogP contribution in [0.25, 0.3) is 0 Å². The molecule has 7 N–H and O–H groups in total. The van der Waals surface area contributed by atoms with Crippen LogP contribution in [-0.4, -0.2) is 55.2 Å². The van der Waals surface area contributed by atoms with E-state index in [2.05, 4.69) is 29.7 Å². The van der Waals surface area contributed by atoms with Crippen molar-refractivity contribution in [2.24, 2.45) is 16.6 Å². The summed E-state index contributed by atoms with van der Waals surface area (Å²) in [6.07, 6.45) is 3.64. The van der Waals surface area contributed by atoms with Crippen molar-refractivity contribution < 1.29 is 14.7 Å². The Kier molecular flexibility index (Phi) is 27.3. The molecule has 0 saturated heterocycles. The Hall–Kier alpha value is -1.58. The highest BCUT2D eigenvalue weighted by Crippen LogP contribution is 2.02. The minimum atomic E-state index is -0.658. The van der Waals surface area contributed by atoms with Gasteiger partial charge in [0.25, 0.3) is 0 Å². The molecule has 0 saturated carbocycles. The van der Waals surface area contributed by atoms with Gasteiger partial charge in [-0.15, -0.1) is 0 Å². The summed E-state index contributed by atoms with van der Waals surface area (Å²) in [5.41, 5.74) is 11.4. The van der Waals surface area contributed by atoms with Gasteiger partial charge in [0.2, 0.25) is 11.8 Å². The molecule has 0 aliphatic heterocycles. The van der Waals surface area contributed by atoms with Gasteiger partial charge in [-0.05, 0) is 32.1 Å². The van der Waals surface area contributed by atoms with Gasteiger partial charge in [-0.2, -0.15) is 4.91 Å². The predicted octanol–water partition coefficient (Wildman–Crippen LogP) is 1.03. The molecule has 0 aromatic rings. The van der Waals surface area contributed by atoms with E-state index in [1.165, 1.54) is 6.42 Å². The molecule has 0 spiro atoms. The number of nitrogens with two attached hydrogens (primary N) is 2. The van der Waals surface area contributed by atoms with Crippen LogP contribution in [-0.2, 0) is 9.59 Å². The zero-order chi connectivity index (χ0) is 21.5. The van der Waals surface area contributed by atoms with Crippen LogP contribution in [0.4, 0.5) is 0 Å². The molecule has 0 aromatic heterocycles. The summed E-state index contributed by atoms with van der Waals surface area (Å²) in [4.78, 5) is 33.1. The number of carbonyl (C=O) groups is 2. The number of carbonyl (C=O) groups excluding carboxylic acids is 2. The molecule has 0 aliphatic rings. The van der Waals surface area contributed by atoms with Crippen LogP contribution < -0.4 is 22.1 Å². The van der Waals surface area contributed by atoms with E-state index in [0.29, 0.717) is 45.2 Å². The van der Waals surface area contributed by atoms with E-state index in [0.717, 1.165) is 0 Å². The van der Waals surface area contributed by atoms with E-state index in [4.69, 9.17) is 16.6 Å². The predicted molar refractivity (Wildman–Crippen MR) is 110 cm³/mol. The molecule has 0 radical (unpaired) electrons. The summed E-state index contributed by atoms with van der Waals surface area (Å²) in [7, 11) is 0. The minimum absolute atomic E-state index is 0.0163. The summed E-state index contributed by atoms with van der Waals surface area (Å²) in [6.45, 7) is 9.18. The summed E-state index contributed by atoms with van der Waals surface area (Å²) >= 11 is 0. The molecule has 162 valence electrons. The summed E-state index contributed by atoms with van der Waals surface area (Å²) in [5.74, 6) is -0.556. The van der Waals surface area contributed by atoms with Crippen molar-refractivity contribution in [3.05, 3.63) is 4.91 Å². The van der Waals surface area contributed by atoms with Gasteiger partial charge in [0.05, 0.1) is 18.6 Å². The maximum Gasteiger partial charge on any atom is 0.236 e. The van der Waals surface area contributed by atoms with Gasteiger partial charge in [-0.3, -0.25) is 9.59 Å². The van der Waals surface area contributed by atoms with Crippen LogP contribution in [0.2, 0.25) is 0 Å². The maximum atomic E-state index is 11.6. The molecule has 0 aromatic carbocycles. The Labute approximate surface area is 164 Å². The third kappa shape index (κ3) is 22.4. The Morgan fingerprint density at radius 3 is 1.70 bits per heavy atom. The van der Waals surface area contributed by atoms with E-state index in [1.54, 1.807) is 0 Å². The van der Waals surface area contributed by atoms with Crippen LogP contribution in [0.1, 0.15) is 66.2 Å². The SMILES string of the molecule is CC.CCC.NC(CCCC(N)C(=O)NCCCN=O)C(=O)NCCCO. The first-order chi connectivity index (χ1) is 12.9. The van der Waals surface area contributed by atoms with Gasteiger partial charge in [0.15, 0.2) is 0 Å². The maximum absolute atomic E-state index is 11.6. The molecule has 27 heavy (non-hydrogen) atoms. The first-order valence-electron chi connectivity index (χ1n) is 9.91. The number of nitrogens with one attached hydrogen (secondary N) is 2. The fourth-order valence-electron chi connectivity index (χ4n) is 1.73. The van der Waals surface area contributed by atoms with Crippen molar-refractivity contribution in [2.45, 2.75) is 78.3 Å². The fourth-order valence-corrected chi connectivity index (χ4v) is 1.73. The summed E-state index contributed by atoms with van der Waals surface area (Å²) in [6, 6.07) is -1.30. The quantitative estimate of drug-likeness (QED) is 0.233. The van der Waals surface area contributed by atoms with Gasteiger partial charge in [0, 0.05) is 19.7 Å². The fraction of sp³-hybridized carbons (Fsp3) is 0.889. The smallest absolute Gasteiger partial charge is 0.236 e. The molecule has 0 aliphatic carbocycles. The number of aliphatic hydroxyl groups excluding tert-OH is 1. The van der Waals surface area contributed by atoms with Crippen LogP contribution in [0.15, 0.2) is 5.18 Å². The Bertz CT molecular complexity index is 357. The first-order valence-corrected chi connectivity index (χ1v) is 9.91. The molecule has 0 heterocycles. The van der Waals surface area contributed by atoms with Crippen molar-refractivity contribution in [2.75, 3.05) is 26.2 Å². The number of hydrogen-bond acceptors (Lipinski definition) is 7. The zero-order valence-corrected chi connectivity index (χ0v) is 17.5. The van der Waals surface area contributed by atoms with Gasteiger partial charge in [-0.1, -0.05) is 39.3 Å². The van der Waals surface area contributed by atoms with Crippen molar-refractivity contribution in [3.63, 3.8) is 0 Å². The largest absolute Gasteiger partial charge is 0.396 e. The van der Waals surface area contributed by atoms with E-state index in [1.807, 2.05) is 13.8 Å². The lowest BCUT2D eigenvalue weighted by atomic mass is 10.1. The first kappa shape index (κ1) is 30.2. The van der Waals surface area contributed by atoms with Crippen molar-refractivity contribution >= 4 is 11.8 Å². The minimum Gasteiger partial charge on any atom is -0.396 e. The van der Waals surface area contributed by atoms with Crippen LogP contribution in [0.5, 0.6) is 0 Å². The molecule has 2 unspecified atom stereocenters. The molecule has 2 atom stereocenters. The molecule has 9 nitrogen and oxygen atoms in total. The summed E-state index contributed by atoms with van der Waals surface area (Å²) < 4.78 is 0. The highest BCUT2D eigenvalue weighted by molar-refractivity contribution is 5.82. The molecule has 0 rings (SSSR count). The number of nitroso groups, excluding NO2 is 1. The van der Waals surface area contributed by atoms with E-state index in [9.17, 15) is 14.5 Å². The van der Waals surface area contributed by atoms with Crippen molar-refractivity contribution in [3.8, 4) is 0 Å². The average Bonchev–Trinajstić information content (AvgIpc) is 2.67. The highest BCUT2D eigenvalue weighted by Gasteiger charge is 2.16. The number of amides is 2. The third-order valence-corrected chi connectivity index (χ3v) is 3.06. The number of hydrogen-bond donors (Lipinski definition) is 5. The van der Waals surface area contributed by atoms with Crippen LogP contribution >= 0.6 is 0 Å². The number of nitrogens with zero attached hydrogens (tertiary/aromatic N) is 1. The van der Waals surface area contributed by atoms with Crippen LogP contribution in [0, 0.1) is 4.91 Å². The monoisotopic (exact) mass is 391 g/mol. The second-order valence-electron chi connectivity index (χ2n) is 5.72. The lowest BCUT2D eigenvalue weighted by Crippen LogP contribution is -2.43. The van der Waals surface area contributed by atoms with Gasteiger partial charge in [0.1, 0.15) is 0 Å². The normalized spacial score (nSPS) is 11.7. The van der Waals surface area contributed by atoms with E-state index < -0.39 is 12.1 Å². The van der Waals surface area contributed by atoms with E-state index >= 15 is 0 Å². The molecule has 0 fully saturated rings. The van der Waals surface area contributed by atoms with Crippen LogP contribution in [0.3, 0.4) is 0 Å². The van der Waals surface area contributed by atoms with Crippen molar-refractivity contribution in [1.29, 1.82) is 0 Å². The van der Waals surface area contributed by atoms with E-state index in [-0.39, 0.29) is 25.0 Å². The molecular formula is C18H41N5O4. The average molecular weight is 392 g/mol. The molecule has 9 heteroatoms. The number of rotatable bonds is 13. The molecule has 0 bridgehead atoms. The van der Waals surface area contributed by atoms with Gasteiger partial charge in [-0.25, -0.2) is 0 Å². The lowest BCUT2D eigenvalue weighted by Gasteiger charge is -2.14. The zero-order valence-electron chi connectivity index (χ0n) is 17.5. The standard InChI is InChI=1S/C13H27N5O4.C3H8.C2H6/c14-10(12(20)16-6-2-8-18-22)4-1-5-11(15)13(21)17-7-3-9-19;1-3-2;1-2/h10-11,19H,1-9,14-15H2,(H,16,20)(H,17,21);3H2,1-2H3;1-2H3. The topological polar surface area (TPSA) is 160 Å². The lowest BCUT2D eigenvalue weighted by molar-refractivity contribution is -0.122. The highest BCUT2D eigenvalue weighted by atomic mass is 16.3.